The predicted molar refractivity (Wildman–Crippen MR) is 87.8 cm³/mol. The quantitative estimate of drug-likeness (QED) is 0.336. The SMILES string of the molecule is O=C(O)CCC(=O)OCCNC(=O)CCCCC1CCSS1. The number of esters is 1. The van der Waals surface area contributed by atoms with E-state index in [1.807, 2.05) is 21.6 Å². The van der Waals surface area contributed by atoms with E-state index in [-0.39, 0.29) is 31.9 Å². The number of unbranched alkanes of at least 4 members (excludes halogenated alkanes) is 1. The van der Waals surface area contributed by atoms with Crippen LogP contribution in [0.5, 0.6) is 0 Å². The molecule has 1 aliphatic heterocycles. The summed E-state index contributed by atoms with van der Waals surface area (Å²) < 4.78 is 4.81. The number of carboxylic acids is 1. The second-order valence-corrected chi connectivity index (χ2v) is 7.83. The molecule has 0 radical (unpaired) electrons. The van der Waals surface area contributed by atoms with Crippen LogP contribution in [0, 0.1) is 0 Å². The number of carboxylic acid groups (broad SMARTS) is 1. The largest absolute Gasteiger partial charge is 0.481 e. The van der Waals surface area contributed by atoms with Gasteiger partial charge in [0.15, 0.2) is 0 Å². The zero-order chi connectivity index (χ0) is 16.2. The molecule has 1 heterocycles. The van der Waals surface area contributed by atoms with E-state index in [1.165, 1.54) is 18.6 Å². The molecule has 1 rings (SSSR count). The van der Waals surface area contributed by atoms with Gasteiger partial charge in [0.25, 0.3) is 0 Å². The van der Waals surface area contributed by atoms with E-state index in [0.717, 1.165) is 18.1 Å². The Morgan fingerprint density at radius 3 is 2.68 bits per heavy atom. The van der Waals surface area contributed by atoms with Crippen molar-refractivity contribution in [2.75, 3.05) is 18.9 Å². The number of hydrogen-bond donors (Lipinski definition) is 2. The Kier molecular flexibility index (Phi) is 10.1. The lowest BCUT2D eigenvalue weighted by Gasteiger charge is -2.08. The van der Waals surface area contributed by atoms with Gasteiger partial charge in [0.2, 0.25) is 5.91 Å². The first-order valence-corrected chi connectivity index (χ1v) is 9.88. The molecule has 0 aromatic rings. The number of rotatable bonds is 11. The normalized spacial score (nSPS) is 17.2. The fraction of sp³-hybridized carbons (Fsp3) is 0.786. The minimum absolute atomic E-state index is 0.0324. The first-order valence-electron chi connectivity index (χ1n) is 7.50. The summed E-state index contributed by atoms with van der Waals surface area (Å²) in [5, 5.41) is 11.8. The number of carbonyl (C=O) groups excluding carboxylic acids is 2. The minimum atomic E-state index is -1.03. The highest BCUT2D eigenvalue weighted by atomic mass is 33.1. The van der Waals surface area contributed by atoms with Gasteiger partial charge < -0.3 is 15.2 Å². The zero-order valence-corrected chi connectivity index (χ0v) is 14.2. The fourth-order valence-corrected chi connectivity index (χ4v) is 4.97. The lowest BCUT2D eigenvalue weighted by Crippen LogP contribution is -2.27. The third-order valence-electron chi connectivity index (χ3n) is 3.14. The molecule has 0 aromatic carbocycles. The molecule has 1 amide bonds. The average Bonchev–Trinajstić information content (AvgIpc) is 2.99. The lowest BCUT2D eigenvalue weighted by atomic mass is 10.1. The van der Waals surface area contributed by atoms with Crippen LogP contribution in [0.2, 0.25) is 0 Å². The predicted octanol–water partition coefficient (Wildman–Crippen LogP) is 2.22. The van der Waals surface area contributed by atoms with Crippen LogP contribution in [-0.4, -0.2) is 47.1 Å². The Morgan fingerprint density at radius 1 is 1.18 bits per heavy atom. The van der Waals surface area contributed by atoms with Crippen LogP contribution in [-0.2, 0) is 19.1 Å². The molecule has 0 saturated carbocycles. The number of hydrogen-bond acceptors (Lipinski definition) is 6. The summed E-state index contributed by atoms with van der Waals surface area (Å²) in [6.45, 7) is 0.354. The minimum Gasteiger partial charge on any atom is -0.481 e. The molecule has 8 heteroatoms. The van der Waals surface area contributed by atoms with Crippen LogP contribution in [0.15, 0.2) is 0 Å². The van der Waals surface area contributed by atoms with E-state index in [1.54, 1.807) is 0 Å². The maximum absolute atomic E-state index is 11.6. The van der Waals surface area contributed by atoms with Gasteiger partial charge in [-0.2, -0.15) is 0 Å². The third kappa shape index (κ3) is 9.94. The van der Waals surface area contributed by atoms with E-state index in [0.29, 0.717) is 6.42 Å². The molecule has 126 valence electrons. The van der Waals surface area contributed by atoms with Crippen LogP contribution in [0.4, 0.5) is 0 Å². The van der Waals surface area contributed by atoms with Gasteiger partial charge in [-0.05, 0) is 19.3 Å². The van der Waals surface area contributed by atoms with Crippen molar-refractivity contribution in [3.8, 4) is 0 Å². The van der Waals surface area contributed by atoms with Gasteiger partial charge >= 0.3 is 11.9 Å². The Labute approximate surface area is 138 Å². The summed E-state index contributed by atoms with van der Waals surface area (Å²) in [5.74, 6) is -0.375. The number of nitrogens with one attached hydrogen (secondary N) is 1. The van der Waals surface area contributed by atoms with Crippen LogP contribution in [0.25, 0.3) is 0 Å². The molecule has 1 fully saturated rings. The van der Waals surface area contributed by atoms with Gasteiger partial charge in [0.05, 0.1) is 19.4 Å². The molecule has 0 bridgehead atoms. The van der Waals surface area contributed by atoms with Crippen LogP contribution in [0.3, 0.4) is 0 Å². The van der Waals surface area contributed by atoms with E-state index in [9.17, 15) is 14.4 Å². The first-order chi connectivity index (χ1) is 10.6. The Hall–Kier alpha value is -0.890. The van der Waals surface area contributed by atoms with E-state index in [2.05, 4.69) is 5.32 Å². The average molecular weight is 349 g/mol. The summed E-state index contributed by atoms with van der Waals surface area (Å²) in [6, 6.07) is 0. The van der Waals surface area contributed by atoms with Crippen molar-refractivity contribution in [1.29, 1.82) is 0 Å². The second-order valence-electron chi connectivity index (χ2n) is 5.04. The van der Waals surface area contributed by atoms with E-state index < -0.39 is 11.9 Å². The molecule has 1 aliphatic rings. The molecule has 2 N–H and O–H groups in total. The molecule has 0 spiro atoms. The standard InChI is InChI=1S/C14H23NO5S2/c16-12(4-2-1-3-11-7-10-21-22-11)15-8-9-20-14(19)6-5-13(17)18/h11H,1-10H2,(H,15,16)(H,17,18). The molecule has 22 heavy (non-hydrogen) atoms. The molecular weight excluding hydrogens is 326 g/mol. The monoisotopic (exact) mass is 349 g/mol. The van der Waals surface area contributed by atoms with Gasteiger partial charge in [0.1, 0.15) is 6.61 Å². The Morgan fingerprint density at radius 2 is 2.00 bits per heavy atom. The molecule has 6 nitrogen and oxygen atoms in total. The molecular formula is C14H23NO5S2. The van der Waals surface area contributed by atoms with Gasteiger partial charge in [-0.15, -0.1) is 0 Å². The number of amides is 1. The molecule has 1 atom stereocenters. The van der Waals surface area contributed by atoms with E-state index in [4.69, 9.17) is 9.84 Å². The number of ether oxygens (including phenoxy) is 1. The third-order valence-corrected chi connectivity index (χ3v) is 6.14. The molecule has 0 aliphatic carbocycles. The van der Waals surface area contributed by atoms with Crippen LogP contribution < -0.4 is 5.32 Å². The summed E-state index contributed by atoms with van der Waals surface area (Å²) in [7, 11) is 3.89. The molecule has 1 saturated heterocycles. The van der Waals surface area contributed by atoms with Gasteiger partial charge in [-0.1, -0.05) is 28.0 Å². The molecule has 1 unspecified atom stereocenters. The fourth-order valence-electron chi connectivity index (χ4n) is 1.95. The van der Waals surface area contributed by atoms with Crippen molar-refractivity contribution in [3.63, 3.8) is 0 Å². The number of carbonyl (C=O) groups is 3. The number of aliphatic carboxylic acids is 1. The summed E-state index contributed by atoms with van der Waals surface area (Å²) in [5.41, 5.74) is 0. The second kappa shape index (κ2) is 11.6. The van der Waals surface area contributed by atoms with Crippen molar-refractivity contribution in [2.24, 2.45) is 0 Å². The molecule has 0 aromatic heterocycles. The van der Waals surface area contributed by atoms with Gasteiger partial charge in [0, 0.05) is 17.4 Å². The van der Waals surface area contributed by atoms with Crippen LogP contribution in [0.1, 0.15) is 44.9 Å². The lowest BCUT2D eigenvalue weighted by molar-refractivity contribution is -0.147. The summed E-state index contributed by atoms with van der Waals surface area (Å²) in [4.78, 5) is 33.0. The van der Waals surface area contributed by atoms with Crippen molar-refractivity contribution >= 4 is 39.4 Å². The first kappa shape index (κ1) is 19.2. The maximum Gasteiger partial charge on any atom is 0.306 e. The highest BCUT2D eigenvalue weighted by Gasteiger charge is 2.15. The van der Waals surface area contributed by atoms with Crippen molar-refractivity contribution in [3.05, 3.63) is 0 Å². The Balaban J connectivity index is 1.90. The van der Waals surface area contributed by atoms with Gasteiger partial charge in [-0.25, -0.2) is 0 Å². The van der Waals surface area contributed by atoms with E-state index >= 15 is 0 Å². The Bertz CT molecular complexity index is 372. The van der Waals surface area contributed by atoms with Crippen molar-refractivity contribution < 1.29 is 24.2 Å². The zero-order valence-electron chi connectivity index (χ0n) is 12.5. The van der Waals surface area contributed by atoms with Crippen molar-refractivity contribution in [2.45, 2.75) is 50.2 Å². The van der Waals surface area contributed by atoms with Gasteiger partial charge in [-0.3, -0.25) is 14.4 Å². The topological polar surface area (TPSA) is 92.7 Å². The smallest absolute Gasteiger partial charge is 0.306 e. The van der Waals surface area contributed by atoms with Crippen LogP contribution >= 0.6 is 21.6 Å². The highest BCUT2D eigenvalue weighted by molar-refractivity contribution is 8.77. The maximum atomic E-state index is 11.6. The highest BCUT2D eigenvalue weighted by Crippen LogP contribution is 2.39. The summed E-state index contributed by atoms with van der Waals surface area (Å²) >= 11 is 0. The van der Waals surface area contributed by atoms with Crippen molar-refractivity contribution in [1.82, 2.24) is 5.32 Å². The summed E-state index contributed by atoms with van der Waals surface area (Å²) in [6.07, 6.45) is 4.52.